The Kier molecular flexibility index (Phi) is 7.55. The summed E-state index contributed by atoms with van der Waals surface area (Å²) in [4.78, 5) is 28.2. The molecule has 2 aromatic carbocycles. The topological polar surface area (TPSA) is 85.4 Å². The van der Waals surface area contributed by atoms with Crippen LogP contribution < -0.4 is 15.8 Å². The molecule has 3 aromatic rings. The largest absolute Gasteiger partial charge is 0.506 e. The summed E-state index contributed by atoms with van der Waals surface area (Å²) in [6.45, 7) is 1.35. The van der Waals surface area contributed by atoms with Crippen molar-refractivity contribution in [1.82, 2.24) is 10.3 Å². The van der Waals surface area contributed by atoms with Crippen LogP contribution in [0.1, 0.15) is 16.8 Å². The highest BCUT2D eigenvalue weighted by atomic mass is 35.5. The fourth-order valence-electron chi connectivity index (χ4n) is 3.13. The molecule has 6 nitrogen and oxygen atoms in total. The van der Waals surface area contributed by atoms with Crippen molar-refractivity contribution in [2.45, 2.75) is 12.5 Å². The van der Waals surface area contributed by atoms with Crippen molar-refractivity contribution in [3.05, 3.63) is 92.6 Å². The molecule has 0 spiro atoms. The number of nitrogens with one attached hydrogen (secondary N) is 2. The number of phenols is 1. The molecule has 1 amide bonds. The number of amides is 1. The lowest BCUT2D eigenvalue weighted by molar-refractivity contribution is 0.0937. The first kappa shape index (κ1) is 22.7. The number of rotatable bonds is 3. The molecule has 1 fully saturated rings. The Balaban J connectivity index is 0.000000330. The molecule has 0 aliphatic carbocycles. The van der Waals surface area contributed by atoms with E-state index < -0.39 is 5.91 Å². The van der Waals surface area contributed by atoms with Crippen molar-refractivity contribution in [1.29, 1.82) is 0 Å². The zero-order valence-electron chi connectivity index (χ0n) is 16.3. The number of benzene rings is 2. The molecule has 0 unspecified atom stereocenters. The van der Waals surface area contributed by atoms with Crippen LogP contribution >= 0.6 is 23.2 Å². The molecule has 1 aliphatic heterocycles. The van der Waals surface area contributed by atoms with Gasteiger partial charge in [0.05, 0.1) is 16.3 Å². The van der Waals surface area contributed by atoms with E-state index in [0.29, 0.717) is 6.54 Å². The molecule has 4 rings (SSSR count). The molecular formula is C22H20Cl2FN3O3. The van der Waals surface area contributed by atoms with E-state index in [-0.39, 0.29) is 38.8 Å². The summed E-state index contributed by atoms with van der Waals surface area (Å²) in [6.07, 6.45) is 2.40. The van der Waals surface area contributed by atoms with Gasteiger partial charge in [-0.05, 0) is 36.8 Å². The van der Waals surface area contributed by atoms with Gasteiger partial charge in [0.15, 0.2) is 0 Å². The van der Waals surface area contributed by atoms with Gasteiger partial charge in [-0.1, -0.05) is 41.4 Å². The van der Waals surface area contributed by atoms with Crippen molar-refractivity contribution >= 4 is 34.8 Å². The number of aromatic hydroxyl groups is 1. The standard InChI is InChI=1S/C16H15Cl2N3O3.C6H5F/c17-9-5-12(15(23)13(18)6-9)16(24)20-10-3-4-21(8-10)11-1-2-14(22)19-7-11;7-6-4-2-1-3-5-6/h1-2,5-7,10,23H,3-4,8H2,(H,19,22)(H,20,24);1-5H/t10-;/m0./s1. The molecule has 1 aliphatic rings. The highest BCUT2D eigenvalue weighted by molar-refractivity contribution is 6.36. The Bertz CT molecular complexity index is 1090. The lowest BCUT2D eigenvalue weighted by atomic mass is 10.1. The molecule has 9 heteroatoms. The zero-order valence-corrected chi connectivity index (χ0v) is 17.8. The van der Waals surface area contributed by atoms with Gasteiger partial charge in [-0.15, -0.1) is 0 Å². The predicted molar refractivity (Wildman–Crippen MR) is 120 cm³/mol. The number of carbonyl (C=O) groups is 1. The number of aromatic amines is 1. The summed E-state index contributed by atoms with van der Waals surface area (Å²) in [5.74, 6) is -0.887. The normalized spacial score (nSPS) is 15.2. The first-order valence-electron chi connectivity index (χ1n) is 9.46. The highest BCUT2D eigenvalue weighted by Crippen LogP contribution is 2.31. The minimum absolute atomic E-state index is 0.0361. The minimum atomic E-state index is -0.426. The molecule has 31 heavy (non-hydrogen) atoms. The quantitative estimate of drug-likeness (QED) is 0.542. The van der Waals surface area contributed by atoms with Crippen LogP contribution in [0, 0.1) is 5.82 Å². The number of hydrogen-bond acceptors (Lipinski definition) is 4. The van der Waals surface area contributed by atoms with E-state index in [1.807, 2.05) is 0 Å². The van der Waals surface area contributed by atoms with Crippen LogP contribution in [0.15, 0.2) is 65.6 Å². The number of pyridine rings is 1. The van der Waals surface area contributed by atoms with E-state index >= 15 is 0 Å². The number of nitrogens with zero attached hydrogens (tertiary/aromatic N) is 1. The van der Waals surface area contributed by atoms with Crippen LogP contribution in [0.5, 0.6) is 5.75 Å². The highest BCUT2D eigenvalue weighted by Gasteiger charge is 2.26. The molecule has 0 saturated carbocycles. The summed E-state index contributed by atoms with van der Waals surface area (Å²) < 4.78 is 11.9. The fraction of sp³-hybridized carbons (Fsp3) is 0.182. The average Bonchev–Trinajstić information content (AvgIpc) is 3.20. The second kappa shape index (κ2) is 10.3. The molecule has 2 heterocycles. The van der Waals surface area contributed by atoms with Crippen LogP contribution in [-0.4, -0.2) is 35.1 Å². The van der Waals surface area contributed by atoms with Gasteiger partial charge in [0.2, 0.25) is 5.56 Å². The molecule has 1 aromatic heterocycles. The summed E-state index contributed by atoms with van der Waals surface area (Å²) in [7, 11) is 0. The molecular weight excluding hydrogens is 444 g/mol. The minimum Gasteiger partial charge on any atom is -0.506 e. The second-order valence-electron chi connectivity index (χ2n) is 6.90. The number of H-pyrrole nitrogens is 1. The van der Waals surface area contributed by atoms with Crippen molar-refractivity contribution in [3.63, 3.8) is 0 Å². The third-order valence-corrected chi connectivity index (χ3v) is 5.17. The van der Waals surface area contributed by atoms with Crippen molar-refractivity contribution < 1.29 is 14.3 Å². The Hall–Kier alpha value is -3.03. The van der Waals surface area contributed by atoms with Gasteiger partial charge in [0.1, 0.15) is 11.6 Å². The van der Waals surface area contributed by atoms with Gasteiger partial charge in [-0.2, -0.15) is 0 Å². The van der Waals surface area contributed by atoms with Crippen LogP contribution in [0.25, 0.3) is 0 Å². The summed E-state index contributed by atoms with van der Waals surface area (Å²) in [6, 6.07) is 13.8. The number of halogens is 3. The molecule has 3 N–H and O–H groups in total. The SMILES string of the molecule is Fc1ccccc1.O=C(N[C@H]1CCN(c2ccc(=O)[nH]c2)C1)c1cc(Cl)cc(Cl)c1O. The molecule has 1 atom stereocenters. The maximum absolute atomic E-state index is 12.4. The third-order valence-electron chi connectivity index (χ3n) is 4.66. The lowest BCUT2D eigenvalue weighted by Crippen LogP contribution is -2.37. The first-order valence-corrected chi connectivity index (χ1v) is 10.2. The van der Waals surface area contributed by atoms with Crippen LogP contribution in [0.3, 0.4) is 0 Å². The number of anilines is 1. The number of phenolic OH excluding ortho intramolecular Hbond substituents is 1. The van der Waals surface area contributed by atoms with Crippen molar-refractivity contribution in [2.24, 2.45) is 0 Å². The number of aromatic nitrogens is 1. The third kappa shape index (κ3) is 6.23. The average molecular weight is 464 g/mol. The predicted octanol–water partition coefficient (Wildman–Crippen LogP) is 4.22. The maximum Gasteiger partial charge on any atom is 0.255 e. The zero-order chi connectivity index (χ0) is 22.4. The van der Waals surface area contributed by atoms with Crippen molar-refractivity contribution in [2.75, 3.05) is 18.0 Å². The van der Waals surface area contributed by atoms with E-state index in [1.54, 1.807) is 30.5 Å². The van der Waals surface area contributed by atoms with Gasteiger partial charge in [0.25, 0.3) is 5.91 Å². The molecule has 0 radical (unpaired) electrons. The second-order valence-corrected chi connectivity index (χ2v) is 7.74. The van der Waals surface area contributed by atoms with Crippen molar-refractivity contribution in [3.8, 4) is 5.75 Å². The van der Waals surface area contributed by atoms with Gasteiger partial charge in [-0.3, -0.25) is 9.59 Å². The first-order chi connectivity index (χ1) is 14.8. The monoisotopic (exact) mass is 463 g/mol. The van der Waals surface area contributed by atoms with Gasteiger partial charge < -0.3 is 20.3 Å². The summed E-state index contributed by atoms with van der Waals surface area (Å²) >= 11 is 11.7. The Morgan fingerprint density at radius 2 is 1.90 bits per heavy atom. The van der Waals surface area contributed by atoms with E-state index in [0.717, 1.165) is 18.7 Å². The molecule has 1 saturated heterocycles. The summed E-state index contributed by atoms with van der Waals surface area (Å²) in [5.41, 5.74) is 0.783. The fourth-order valence-corrected chi connectivity index (χ4v) is 3.62. The number of hydrogen-bond donors (Lipinski definition) is 3. The smallest absolute Gasteiger partial charge is 0.255 e. The van der Waals surface area contributed by atoms with E-state index in [4.69, 9.17) is 23.2 Å². The molecule has 0 bridgehead atoms. The Labute approximate surface area is 188 Å². The number of carbonyl (C=O) groups excluding carboxylic acids is 1. The van der Waals surface area contributed by atoms with Crippen LogP contribution in [0.2, 0.25) is 10.0 Å². The van der Waals surface area contributed by atoms with Gasteiger partial charge in [0, 0.05) is 36.4 Å². The van der Waals surface area contributed by atoms with Crippen LogP contribution in [0.4, 0.5) is 10.1 Å². The van der Waals surface area contributed by atoms with Crippen LogP contribution in [-0.2, 0) is 0 Å². The van der Waals surface area contributed by atoms with Gasteiger partial charge in [-0.25, -0.2) is 4.39 Å². The lowest BCUT2D eigenvalue weighted by Gasteiger charge is -2.19. The van der Waals surface area contributed by atoms with Gasteiger partial charge >= 0.3 is 0 Å². The maximum atomic E-state index is 12.4. The summed E-state index contributed by atoms with van der Waals surface area (Å²) in [5, 5.41) is 13.1. The van der Waals surface area contributed by atoms with E-state index in [2.05, 4.69) is 15.2 Å². The van der Waals surface area contributed by atoms with E-state index in [9.17, 15) is 19.1 Å². The Morgan fingerprint density at radius 3 is 2.52 bits per heavy atom. The Morgan fingerprint density at radius 1 is 1.16 bits per heavy atom. The molecule has 162 valence electrons. The van der Waals surface area contributed by atoms with E-state index in [1.165, 1.54) is 30.3 Å².